The maximum absolute atomic E-state index is 13.2. The molecule has 4 aromatic rings. The Morgan fingerprint density at radius 2 is 1.83 bits per heavy atom. The second kappa shape index (κ2) is 7.16. The van der Waals surface area contributed by atoms with Crippen LogP contribution in [0.4, 0.5) is 13.2 Å². The van der Waals surface area contributed by atoms with Crippen LogP contribution in [0, 0.1) is 6.92 Å². The van der Waals surface area contributed by atoms with Crippen LogP contribution in [0.5, 0.6) is 0 Å². The Hall–Kier alpha value is -3.49. The van der Waals surface area contributed by atoms with Crippen LogP contribution >= 0.6 is 0 Å². The van der Waals surface area contributed by atoms with Gasteiger partial charge < -0.3 is 4.90 Å². The van der Waals surface area contributed by atoms with Crippen LogP contribution in [0.25, 0.3) is 16.6 Å². The highest BCUT2D eigenvalue weighted by Gasteiger charge is 2.42. The predicted octanol–water partition coefficient (Wildman–Crippen LogP) is 3.68. The van der Waals surface area contributed by atoms with Crippen LogP contribution in [-0.4, -0.2) is 37.0 Å². The molecule has 0 spiro atoms. The fourth-order valence-corrected chi connectivity index (χ4v) is 3.29. The van der Waals surface area contributed by atoms with E-state index in [0.29, 0.717) is 16.8 Å². The zero-order chi connectivity index (χ0) is 20.6. The highest BCUT2D eigenvalue weighted by molar-refractivity contribution is 5.85. The molecule has 0 saturated carbocycles. The SMILES string of the molecule is Cc1ccc2c(c1)cc(CN(Cc1ccccc1)C(=O)C(F)(F)F)c1nnnn12. The number of hydrogen-bond donors (Lipinski definition) is 0. The molecule has 4 rings (SSSR count). The Morgan fingerprint density at radius 3 is 2.55 bits per heavy atom. The monoisotopic (exact) mass is 399 g/mol. The van der Waals surface area contributed by atoms with Gasteiger partial charge in [-0.05, 0) is 41.1 Å². The first-order valence-electron chi connectivity index (χ1n) is 8.83. The molecular formula is C20H16F3N5O. The number of rotatable bonds is 4. The molecular weight excluding hydrogens is 383 g/mol. The topological polar surface area (TPSA) is 63.4 Å². The number of nitrogens with zero attached hydrogens (tertiary/aromatic N) is 5. The molecule has 0 aliphatic rings. The van der Waals surface area contributed by atoms with Crippen molar-refractivity contribution in [3.05, 3.63) is 71.3 Å². The number of benzene rings is 2. The maximum Gasteiger partial charge on any atom is 0.471 e. The number of carbonyl (C=O) groups excluding carboxylic acids is 1. The van der Waals surface area contributed by atoms with Gasteiger partial charge in [0.15, 0.2) is 5.65 Å². The number of fused-ring (bicyclic) bond motifs is 3. The van der Waals surface area contributed by atoms with E-state index in [1.165, 1.54) is 4.52 Å². The zero-order valence-corrected chi connectivity index (χ0v) is 15.4. The highest BCUT2D eigenvalue weighted by atomic mass is 19.4. The molecule has 6 nitrogen and oxygen atoms in total. The Labute approximate surface area is 163 Å². The van der Waals surface area contributed by atoms with Gasteiger partial charge in [-0.3, -0.25) is 4.79 Å². The van der Waals surface area contributed by atoms with Crippen LogP contribution < -0.4 is 0 Å². The smallest absolute Gasteiger partial charge is 0.326 e. The Balaban J connectivity index is 1.79. The van der Waals surface area contributed by atoms with E-state index in [2.05, 4.69) is 15.5 Å². The van der Waals surface area contributed by atoms with Crippen molar-refractivity contribution in [2.24, 2.45) is 0 Å². The quantitative estimate of drug-likeness (QED) is 0.525. The van der Waals surface area contributed by atoms with Crippen LogP contribution in [0.3, 0.4) is 0 Å². The van der Waals surface area contributed by atoms with Crippen molar-refractivity contribution in [2.45, 2.75) is 26.2 Å². The molecule has 148 valence electrons. The van der Waals surface area contributed by atoms with E-state index in [0.717, 1.165) is 21.4 Å². The second-order valence-corrected chi connectivity index (χ2v) is 6.79. The molecule has 29 heavy (non-hydrogen) atoms. The summed E-state index contributed by atoms with van der Waals surface area (Å²) < 4.78 is 41.2. The molecule has 0 atom stereocenters. The van der Waals surface area contributed by atoms with Gasteiger partial charge in [0.05, 0.1) is 12.1 Å². The molecule has 0 unspecified atom stereocenters. The molecule has 0 aliphatic carbocycles. The van der Waals surface area contributed by atoms with Gasteiger partial charge in [0, 0.05) is 17.5 Å². The van der Waals surface area contributed by atoms with Gasteiger partial charge in [-0.25, -0.2) is 0 Å². The average Bonchev–Trinajstić information content (AvgIpc) is 3.17. The minimum atomic E-state index is -4.98. The number of halogens is 3. The van der Waals surface area contributed by atoms with Gasteiger partial charge in [-0.2, -0.15) is 17.7 Å². The number of tetrazole rings is 1. The summed E-state index contributed by atoms with van der Waals surface area (Å²) in [4.78, 5) is 12.9. The van der Waals surface area contributed by atoms with Crippen molar-refractivity contribution in [3.63, 3.8) is 0 Å². The van der Waals surface area contributed by atoms with E-state index in [4.69, 9.17) is 0 Å². The molecule has 0 saturated heterocycles. The molecule has 9 heteroatoms. The van der Waals surface area contributed by atoms with Gasteiger partial charge in [-0.15, -0.1) is 5.10 Å². The van der Waals surface area contributed by atoms with Gasteiger partial charge in [0.25, 0.3) is 0 Å². The van der Waals surface area contributed by atoms with E-state index >= 15 is 0 Å². The molecule has 0 aliphatic heterocycles. The van der Waals surface area contributed by atoms with Crippen molar-refractivity contribution in [1.29, 1.82) is 0 Å². The standard InChI is InChI=1S/C20H16F3N5O/c1-13-7-8-17-15(9-13)10-16(18-24-25-26-28(17)18)12-27(19(29)20(21,22)23)11-14-5-3-2-4-6-14/h2-10H,11-12H2,1H3. The summed E-state index contributed by atoms with van der Waals surface area (Å²) in [5, 5.41) is 12.3. The van der Waals surface area contributed by atoms with Crippen molar-refractivity contribution in [1.82, 2.24) is 24.9 Å². The number of carbonyl (C=O) groups is 1. The number of amides is 1. The van der Waals surface area contributed by atoms with Crippen molar-refractivity contribution in [3.8, 4) is 0 Å². The molecule has 0 N–H and O–H groups in total. The van der Waals surface area contributed by atoms with Crippen LogP contribution in [0.15, 0.2) is 54.6 Å². The first-order chi connectivity index (χ1) is 13.8. The summed E-state index contributed by atoms with van der Waals surface area (Å²) in [6.07, 6.45) is -4.98. The number of alkyl halides is 3. The lowest BCUT2D eigenvalue weighted by Crippen LogP contribution is -2.40. The lowest BCUT2D eigenvalue weighted by molar-refractivity contribution is -0.186. The zero-order valence-electron chi connectivity index (χ0n) is 15.4. The molecule has 2 aromatic carbocycles. The van der Waals surface area contributed by atoms with Crippen molar-refractivity contribution < 1.29 is 18.0 Å². The summed E-state index contributed by atoms with van der Waals surface area (Å²) in [7, 11) is 0. The van der Waals surface area contributed by atoms with Gasteiger partial charge in [0.1, 0.15) is 0 Å². The second-order valence-electron chi connectivity index (χ2n) is 6.79. The lowest BCUT2D eigenvalue weighted by Gasteiger charge is -2.24. The minimum absolute atomic E-state index is 0.182. The third-order valence-corrected chi connectivity index (χ3v) is 4.60. The summed E-state index contributed by atoms with van der Waals surface area (Å²) in [6.45, 7) is 1.46. The Morgan fingerprint density at radius 1 is 1.07 bits per heavy atom. The van der Waals surface area contributed by atoms with Gasteiger partial charge in [-0.1, -0.05) is 42.0 Å². The Bertz CT molecular complexity index is 1190. The molecule has 0 bridgehead atoms. The predicted molar refractivity (Wildman–Crippen MR) is 99.8 cm³/mol. The number of pyridine rings is 1. The van der Waals surface area contributed by atoms with Crippen molar-refractivity contribution in [2.75, 3.05) is 0 Å². The highest BCUT2D eigenvalue weighted by Crippen LogP contribution is 2.25. The minimum Gasteiger partial charge on any atom is -0.326 e. The van der Waals surface area contributed by atoms with Crippen LogP contribution in [0.1, 0.15) is 16.7 Å². The fourth-order valence-electron chi connectivity index (χ4n) is 3.29. The molecule has 2 aromatic heterocycles. The van der Waals surface area contributed by atoms with E-state index in [9.17, 15) is 18.0 Å². The normalized spacial score (nSPS) is 11.9. The molecule has 0 radical (unpaired) electrons. The molecule has 0 fully saturated rings. The fraction of sp³-hybridized carbons (Fsp3) is 0.200. The first-order valence-corrected chi connectivity index (χ1v) is 8.83. The summed E-state index contributed by atoms with van der Waals surface area (Å²) in [5.41, 5.74) is 3.06. The van der Waals surface area contributed by atoms with Crippen molar-refractivity contribution >= 4 is 22.5 Å². The van der Waals surface area contributed by atoms with Crippen LogP contribution in [0.2, 0.25) is 0 Å². The van der Waals surface area contributed by atoms with E-state index in [1.54, 1.807) is 36.4 Å². The van der Waals surface area contributed by atoms with Crippen LogP contribution in [-0.2, 0) is 17.9 Å². The number of aromatic nitrogens is 4. The van der Waals surface area contributed by atoms with Gasteiger partial charge >= 0.3 is 12.1 Å². The summed E-state index contributed by atoms with van der Waals surface area (Å²) in [5.74, 6) is -1.91. The summed E-state index contributed by atoms with van der Waals surface area (Å²) in [6, 6.07) is 15.9. The van der Waals surface area contributed by atoms with E-state index in [-0.39, 0.29) is 13.1 Å². The average molecular weight is 399 g/mol. The molecule has 2 heterocycles. The maximum atomic E-state index is 13.2. The van der Waals surface area contributed by atoms with E-state index < -0.39 is 12.1 Å². The third kappa shape index (κ3) is 3.75. The van der Waals surface area contributed by atoms with Gasteiger partial charge in [0.2, 0.25) is 0 Å². The largest absolute Gasteiger partial charge is 0.471 e. The van der Waals surface area contributed by atoms with E-state index in [1.807, 2.05) is 25.1 Å². The number of hydrogen-bond acceptors (Lipinski definition) is 4. The third-order valence-electron chi connectivity index (χ3n) is 4.60. The lowest BCUT2D eigenvalue weighted by atomic mass is 10.1. The Kier molecular flexibility index (Phi) is 4.65. The summed E-state index contributed by atoms with van der Waals surface area (Å²) >= 11 is 0. The first kappa shape index (κ1) is 18.9. The molecule has 1 amide bonds. The number of aryl methyl sites for hydroxylation is 1.